The van der Waals surface area contributed by atoms with E-state index in [4.69, 9.17) is 5.11 Å². The third-order valence-electron chi connectivity index (χ3n) is 1.61. The minimum atomic E-state index is 0.222. The quantitative estimate of drug-likeness (QED) is 0.514. The van der Waals surface area contributed by atoms with E-state index >= 15 is 0 Å². The molecular formula is C7H18N2O. The summed E-state index contributed by atoms with van der Waals surface area (Å²) in [5.74, 6) is 0. The van der Waals surface area contributed by atoms with Crippen LogP contribution in [-0.4, -0.2) is 49.8 Å². The Labute approximate surface area is 63.0 Å². The predicted octanol–water partition coefficient (Wildman–Crippen LogP) is -0.482. The van der Waals surface area contributed by atoms with Crippen LogP contribution in [0.5, 0.6) is 0 Å². The Bertz CT molecular complexity index is 76.0. The van der Waals surface area contributed by atoms with Crippen molar-refractivity contribution >= 4 is 0 Å². The van der Waals surface area contributed by atoms with Gasteiger partial charge in [-0.05, 0) is 21.0 Å². The molecule has 0 radical (unpaired) electrons. The van der Waals surface area contributed by atoms with Crippen LogP contribution in [-0.2, 0) is 0 Å². The van der Waals surface area contributed by atoms with Gasteiger partial charge in [-0.3, -0.25) is 0 Å². The second-order valence-corrected chi connectivity index (χ2v) is 2.74. The highest BCUT2D eigenvalue weighted by Crippen LogP contribution is 1.86. The smallest absolute Gasteiger partial charge is 0.0555 e. The summed E-state index contributed by atoms with van der Waals surface area (Å²) in [6, 6.07) is 0.534. The largest absolute Gasteiger partial charge is 0.395 e. The van der Waals surface area contributed by atoms with Gasteiger partial charge in [0.15, 0.2) is 0 Å². The molecule has 0 fully saturated rings. The van der Waals surface area contributed by atoms with Crippen LogP contribution in [0.1, 0.15) is 6.92 Å². The molecule has 0 amide bonds. The Morgan fingerprint density at radius 3 is 2.50 bits per heavy atom. The van der Waals surface area contributed by atoms with E-state index in [0.717, 1.165) is 6.54 Å². The molecule has 0 aromatic rings. The number of aliphatic hydroxyl groups is 1. The number of nitrogens with zero attached hydrogens (tertiary/aromatic N) is 1. The number of aliphatic hydroxyl groups excluding tert-OH is 1. The van der Waals surface area contributed by atoms with Crippen LogP contribution in [0, 0.1) is 0 Å². The second kappa shape index (κ2) is 5.65. The maximum atomic E-state index is 8.44. The van der Waals surface area contributed by atoms with Gasteiger partial charge in [0.2, 0.25) is 0 Å². The number of hydrogen-bond donors (Lipinski definition) is 2. The first-order valence-electron chi connectivity index (χ1n) is 3.66. The van der Waals surface area contributed by atoms with E-state index in [1.165, 1.54) is 0 Å². The third kappa shape index (κ3) is 4.73. The summed E-state index contributed by atoms with van der Waals surface area (Å²) in [5.41, 5.74) is 0. The number of likely N-dealkylation sites (N-methyl/N-ethyl adjacent to an activating group) is 1. The normalized spacial score (nSPS) is 14.1. The highest BCUT2D eigenvalue weighted by atomic mass is 16.3. The Hall–Kier alpha value is -0.120. The van der Waals surface area contributed by atoms with Gasteiger partial charge in [-0.25, -0.2) is 0 Å². The van der Waals surface area contributed by atoms with E-state index in [-0.39, 0.29) is 6.61 Å². The molecule has 1 atom stereocenters. The van der Waals surface area contributed by atoms with Gasteiger partial charge in [0.25, 0.3) is 0 Å². The van der Waals surface area contributed by atoms with Crippen molar-refractivity contribution in [2.45, 2.75) is 13.0 Å². The Morgan fingerprint density at radius 1 is 1.50 bits per heavy atom. The molecule has 0 aromatic carbocycles. The first-order valence-corrected chi connectivity index (χ1v) is 3.66. The van der Waals surface area contributed by atoms with Gasteiger partial charge in [0, 0.05) is 19.1 Å². The van der Waals surface area contributed by atoms with Gasteiger partial charge < -0.3 is 15.3 Å². The van der Waals surface area contributed by atoms with E-state index in [2.05, 4.69) is 17.1 Å². The molecule has 2 N–H and O–H groups in total. The van der Waals surface area contributed by atoms with E-state index < -0.39 is 0 Å². The predicted molar refractivity (Wildman–Crippen MR) is 43.1 cm³/mol. The fourth-order valence-electron chi connectivity index (χ4n) is 0.573. The molecule has 0 saturated heterocycles. The molecule has 0 aliphatic carbocycles. The molecule has 0 aliphatic heterocycles. The summed E-state index contributed by atoms with van der Waals surface area (Å²) < 4.78 is 0. The van der Waals surface area contributed by atoms with E-state index in [0.29, 0.717) is 12.6 Å². The molecule has 62 valence electrons. The average Bonchev–Trinajstić information content (AvgIpc) is 1.88. The van der Waals surface area contributed by atoms with Gasteiger partial charge in [-0.1, -0.05) is 0 Å². The molecule has 3 nitrogen and oxygen atoms in total. The Balaban J connectivity index is 3.13. The lowest BCUT2D eigenvalue weighted by Gasteiger charge is -2.19. The standard InChI is InChI=1S/C7H18N2O/c1-7(9(2)3)6-8-4-5-10/h7-8,10H,4-6H2,1-3H3. The van der Waals surface area contributed by atoms with Gasteiger partial charge in [0.05, 0.1) is 6.61 Å². The molecule has 1 unspecified atom stereocenters. The summed E-state index contributed by atoms with van der Waals surface area (Å²) in [7, 11) is 4.09. The van der Waals surface area contributed by atoms with E-state index in [1.807, 2.05) is 14.1 Å². The molecular weight excluding hydrogens is 128 g/mol. The molecule has 10 heavy (non-hydrogen) atoms. The van der Waals surface area contributed by atoms with E-state index in [1.54, 1.807) is 0 Å². The van der Waals surface area contributed by atoms with Crippen LogP contribution in [0.25, 0.3) is 0 Å². The van der Waals surface area contributed by atoms with E-state index in [9.17, 15) is 0 Å². The van der Waals surface area contributed by atoms with Crippen LogP contribution in [0.3, 0.4) is 0 Å². The van der Waals surface area contributed by atoms with Crippen LogP contribution in [0.15, 0.2) is 0 Å². The lowest BCUT2D eigenvalue weighted by Crippen LogP contribution is -2.36. The van der Waals surface area contributed by atoms with Crippen molar-refractivity contribution in [1.29, 1.82) is 0 Å². The van der Waals surface area contributed by atoms with Crippen molar-refractivity contribution in [1.82, 2.24) is 10.2 Å². The first-order chi connectivity index (χ1) is 4.68. The highest BCUT2D eigenvalue weighted by Gasteiger charge is 2.01. The zero-order chi connectivity index (χ0) is 7.98. The molecule has 0 heterocycles. The molecule has 0 aliphatic rings. The summed E-state index contributed by atoms with van der Waals surface area (Å²) in [6.07, 6.45) is 0. The molecule has 3 heteroatoms. The van der Waals surface area contributed by atoms with Crippen LogP contribution >= 0.6 is 0 Å². The molecule has 0 spiro atoms. The number of hydrogen-bond acceptors (Lipinski definition) is 3. The highest BCUT2D eigenvalue weighted by molar-refractivity contribution is 4.61. The molecule has 0 saturated carbocycles. The lowest BCUT2D eigenvalue weighted by molar-refractivity contribution is 0.269. The summed E-state index contributed by atoms with van der Waals surface area (Å²) in [6.45, 7) is 4.00. The van der Waals surface area contributed by atoms with Crippen LogP contribution < -0.4 is 5.32 Å². The summed E-state index contributed by atoms with van der Waals surface area (Å²) in [5, 5.41) is 11.6. The zero-order valence-corrected chi connectivity index (χ0v) is 7.09. The third-order valence-corrected chi connectivity index (χ3v) is 1.61. The number of rotatable bonds is 5. The maximum Gasteiger partial charge on any atom is 0.0555 e. The van der Waals surface area contributed by atoms with Crippen molar-refractivity contribution in [3.8, 4) is 0 Å². The Kier molecular flexibility index (Phi) is 5.58. The fraction of sp³-hybridized carbons (Fsp3) is 1.00. The van der Waals surface area contributed by atoms with Gasteiger partial charge in [-0.2, -0.15) is 0 Å². The van der Waals surface area contributed by atoms with Crippen molar-refractivity contribution in [2.75, 3.05) is 33.8 Å². The SMILES string of the molecule is CC(CNCCO)N(C)C. The lowest BCUT2D eigenvalue weighted by atomic mass is 10.3. The van der Waals surface area contributed by atoms with Crippen molar-refractivity contribution < 1.29 is 5.11 Å². The fourth-order valence-corrected chi connectivity index (χ4v) is 0.573. The monoisotopic (exact) mass is 146 g/mol. The number of nitrogens with one attached hydrogen (secondary N) is 1. The minimum Gasteiger partial charge on any atom is -0.395 e. The van der Waals surface area contributed by atoms with Crippen LogP contribution in [0.4, 0.5) is 0 Å². The summed E-state index contributed by atoms with van der Waals surface area (Å²) in [4.78, 5) is 2.14. The van der Waals surface area contributed by atoms with Gasteiger partial charge in [-0.15, -0.1) is 0 Å². The van der Waals surface area contributed by atoms with Gasteiger partial charge in [0.1, 0.15) is 0 Å². The molecule has 0 rings (SSSR count). The molecule has 0 aromatic heterocycles. The zero-order valence-electron chi connectivity index (χ0n) is 7.09. The van der Waals surface area contributed by atoms with Crippen molar-refractivity contribution in [2.24, 2.45) is 0 Å². The topological polar surface area (TPSA) is 35.5 Å². The van der Waals surface area contributed by atoms with Crippen molar-refractivity contribution in [3.63, 3.8) is 0 Å². The van der Waals surface area contributed by atoms with Crippen molar-refractivity contribution in [3.05, 3.63) is 0 Å². The second-order valence-electron chi connectivity index (χ2n) is 2.74. The van der Waals surface area contributed by atoms with Gasteiger partial charge >= 0.3 is 0 Å². The first kappa shape index (κ1) is 9.88. The summed E-state index contributed by atoms with van der Waals surface area (Å²) >= 11 is 0. The minimum absolute atomic E-state index is 0.222. The molecule has 0 bridgehead atoms. The maximum absolute atomic E-state index is 8.44. The Morgan fingerprint density at radius 2 is 2.10 bits per heavy atom. The van der Waals surface area contributed by atoms with Crippen LogP contribution in [0.2, 0.25) is 0 Å². The average molecular weight is 146 g/mol.